The molecule has 4 rings (SSSR count). The lowest BCUT2D eigenvalue weighted by Gasteiger charge is -2.34. The molecule has 2 aromatic carbocycles. The topological polar surface area (TPSA) is 154 Å². The largest absolute Gasteiger partial charge is 0.448 e. The second-order valence-corrected chi connectivity index (χ2v) is 11.3. The Morgan fingerprint density at radius 2 is 1.77 bits per heavy atom. The normalized spacial score (nSPS) is 14.7. The van der Waals surface area contributed by atoms with E-state index in [0.29, 0.717) is 18.7 Å². The number of halogens is 3. The van der Waals surface area contributed by atoms with Gasteiger partial charge in [-0.2, -0.15) is 18.3 Å². The van der Waals surface area contributed by atoms with Crippen molar-refractivity contribution >= 4 is 22.1 Å². The Morgan fingerprint density at radius 1 is 1.12 bits per heavy atom. The molecule has 17 heteroatoms. The van der Waals surface area contributed by atoms with Gasteiger partial charge in [0.2, 0.25) is 0 Å². The Balaban J connectivity index is 1.34. The van der Waals surface area contributed by atoms with Gasteiger partial charge in [0.15, 0.2) is 5.69 Å². The molecular formula is C26H27F3N6O7S. The molecule has 0 aliphatic carbocycles. The first kappa shape index (κ1) is 31.3. The van der Waals surface area contributed by atoms with Gasteiger partial charge in [-0.3, -0.25) is 9.80 Å². The summed E-state index contributed by atoms with van der Waals surface area (Å²) in [5.41, 5.74) is 0.621. The van der Waals surface area contributed by atoms with Gasteiger partial charge in [0.25, 0.3) is 16.3 Å². The van der Waals surface area contributed by atoms with Crippen LogP contribution >= 0.6 is 0 Å². The summed E-state index contributed by atoms with van der Waals surface area (Å²) in [6, 6.07) is 12.6. The number of nitrogens with one attached hydrogen (secondary N) is 1. The number of ether oxygens (including phenoxy) is 2. The first-order valence-corrected chi connectivity index (χ1v) is 14.2. The highest BCUT2D eigenvalue weighted by Crippen LogP contribution is 2.33. The molecule has 1 fully saturated rings. The predicted octanol–water partition coefficient (Wildman–Crippen LogP) is 4.42. The molecule has 3 aromatic rings. The zero-order valence-corrected chi connectivity index (χ0v) is 23.9. The summed E-state index contributed by atoms with van der Waals surface area (Å²) in [7, 11) is -4.35. The van der Waals surface area contributed by atoms with Crippen LogP contribution in [0.2, 0.25) is 0 Å². The lowest BCUT2D eigenvalue weighted by atomic mass is 10.0. The maximum Gasteiger partial charge on any atom is 0.435 e. The summed E-state index contributed by atoms with van der Waals surface area (Å²) in [6.45, 7) is 5.13. The summed E-state index contributed by atoms with van der Waals surface area (Å²) in [5.74, 6) is -0.679. The van der Waals surface area contributed by atoms with Crippen molar-refractivity contribution < 1.29 is 45.5 Å². The van der Waals surface area contributed by atoms with Gasteiger partial charge in [-0.25, -0.2) is 22.6 Å². The number of hydrogen-bond acceptors (Lipinski definition) is 10. The van der Waals surface area contributed by atoms with Gasteiger partial charge in [0, 0.05) is 43.7 Å². The minimum absolute atomic E-state index is 0.0976. The second-order valence-electron chi connectivity index (χ2n) is 9.58. The monoisotopic (exact) mass is 624 g/mol. The fourth-order valence-electron chi connectivity index (χ4n) is 3.92. The van der Waals surface area contributed by atoms with Crippen molar-refractivity contribution in [3.63, 3.8) is 0 Å². The number of nitrogens with zero attached hydrogens (tertiary/aromatic N) is 5. The molecule has 0 saturated carbocycles. The molecule has 1 aromatic heterocycles. The fourth-order valence-corrected chi connectivity index (χ4v) is 4.81. The number of carbonyl (C=O) groups excluding carboxylic acids is 2. The van der Waals surface area contributed by atoms with Crippen LogP contribution in [0.25, 0.3) is 16.9 Å². The zero-order chi connectivity index (χ0) is 31.4. The highest BCUT2D eigenvalue weighted by molar-refractivity contribution is 7.90. The SMILES string of the molecule is CC(=O)OC(C)ON=NN1CC(COC(=O)NS(=O)(=O)c2ccc(-n3nc(C(F)(F)F)cc3-c3ccc(C)cc3)cc2)C1. The Hall–Kier alpha value is -4.67. The fraction of sp³-hybridized carbons (Fsp3) is 0.346. The maximum absolute atomic E-state index is 13.5. The molecule has 0 radical (unpaired) electrons. The molecule has 1 saturated heterocycles. The van der Waals surface area contributed by atoms with E-state index in [2.05, 4.69) is 15.6 Å². The van der Waals surface area contributed by atoms with Crippen LogP contribution in [-0.2, 0) is 35.3 Å². The number of hydrogen-bond donors (Lipinski definition) is 1. The minimum atomic E-state index is -4.69. The second kappa shape index (κ2) is 12.7. The third kappa shape index (κ3) is 8.21. The number of rotatable bonds is 10. The third-order valence-electron chi connectivity index (χ3n) is 6.03. The van der Waals surface area contributed by atoms with E-state index < -0.39 is 40.2 Å². The smallest absolute Gasteiger partial charge is 0.435 e. The van der Waals surface area contributed by atoms with Crippen molar-refractivity contribution in [2.24, 2.45) is 16.4 Å². The van der Waals surface area contributed by atoms with Gasteiger partial charge < -0.3 is 14.3 Å². The average Bonchev–Trinajstić information content (AvgIpc) is 3.35. The first-order valence-electron chi connectivity index (χ1n) is 12.7. The van der Waals surface area contributed by atoms with Crippen molar-refractivity contribution in [2.75, 3.05) is 19.7 Å². The summed E-state index contributed by atoms with van der Waals surface area (Å²) in [6.07, 6.45) is -6.81. The van der Waals surface area contributed by atoms with Gasteiger partial charge in [0.1, 0.15) is 0 Å². The molecule has 230 valence electrons. The van der Waals surface area contributed by atoms with Crippen LogP contribution in [0.15, 0.2) is 70.0 Å². The van der Waals surface area contributed by atoms with E-state index in [0.717, 1.165) is 28.4 Å². The Morgan fingerprint density at radius 3 is 2.37 bits per heavy atom. The molecule has 2 heterocycles. The van der Waals surface area contributed by atoms with Gasteiger partial charge in [-0.15, -0.1) is 0 Å². The average molecular weight is 625 g/mol. The Bertz CT molecular complexity index is 1590. The minimum Gasteiger partial charge on any atom is -0.448 e. The van der Waals surface area contributed by atoms with Crippen molar-refractivity contribution in [2.45, 2.75) is 38.1 Å². The molecule has 1 aliphatic rings. The van der Waals surface area contributed by atoms with E-state index >= 15 is 0 Å². The molecular weight excluding hydrogens is 597 g/mol. The molecule has 1 atom stereocenters. The van der Waals surface area contributed by atoms with Crippen molar-refractivity contribution in [3.8, 4) is 16.9 Å². The maximum atomic E-state index is 13.5. The van der Waals surface area contributed by atoms with Crippen LogP contribution in [0, 0.1) is 12.8 Å². The number of esters is 1. The molecule has 1 unspecified atom stereocenters. The number of sulfonamides is 1. The molecule has 1 N–H and O–H groups in total. The van der Waals surface area contributed by atoms with E-state index in [1.165, 1.54) is 31.0 Å². The van der Waals surface area contributed by atoms with Gasteiger partial charge in [-0.1, -0.05) is 29.8 Å². The van der Waals surface area contributed by atoms with Crippen molar-refractivity contribution in [3.05, 3.63) is 65.9 Å². The van der Waals surface area contributed by atoms with Crippen LogP contribution in [0.1, 0.15) is 25.1 Å². The number of aromatic nitrogens is 2. The van der Waals surface area contributed by atoms with Crippen molar-refractivity contribution in [1.29, 1.82) is 0 Å². The third-order valence-corrected chi connectivity index (χ3v) is 7.36. The predicted molar refractivity (Wildman–Crippen MR) is 143 cm³/mol. The number of carbonyl (C=O) groups is 2. The van der Waals surface area contributed by atoms with Crippen LogP contribution < -0.4 is 4.72 Å². The van der Waals surface area contributed by atoms with Crippen LogP contribution in [0.4, 0.5) is 18.0 Å². The van der Waals surface area contributed by atoms with E-state index in [-0.39, 0.29) is 28.8 Å². The Labute approximate surface area is 244 Å². The molecule has 0 spiro atoms. The molecule has 43 heavy (non-hydrogen) atoms. The first-order chi connectivity index (χ1) is 20.2. The number of benzene rings is 2. The van der Waals surface area contributed by atoms with E-state index in [4.69, 9.17) is 14.3 Å². The van der Waals surface area contributed by atoms with Gasteiger partial charge in [0.05, 0.1) is 22.9 Å². The van der Waals surface area contributed by atoms with Crippen LogP contribution in [0.3, 0.4) is 0 Å². The molecule has 1 amide bonds. The lowest BCUT2D eigenvalue weighted by molar-refractivity contribution is -0.175. The van der Waals surface area contributed by atoms with Gasteiger partial charge >= 0.3 is 18.2 Å². The highest BCUT2D eigenvalue weighted by atomic mass is 32.2. The zero-order valence-electron chi connectivity index (χ0n) is 23.1. The number of alkyl halides is 3. The summed E-state index contributed by atoms with van der Waals surface area (Å²) in [5, 5.41) is 12.4. The number of amides is 1. The van der Waals surface area contributed by atoms with E-state index in [9.17, 15) is 31.2 Å². The van der Waals surface area contributed by atoms with Gasteiger partial charge in [-0.05, 0) is 42.5 Å². The summed E-state index contributed by atoms with van der Waals surface area (Å²) in [4.78, 5) is 27.5. The standard InChI is InChI=1S/C26H27F3N6O7S/c1-16-4-6-20(7-5-16)23-12-24(26(27,28)29)30-35(23)21-8-10-22(11-9-21)43(38,39)31-25(37)40-15-19-13-34(14-19)32-33-42-18(3)41-17(2)36/h4-12,18-19H,13-15H2,1-3H3,(H,31,37). The van der Waals surface area contributed by atoms with Crippen LogP contribution in [0.5, 0.6) is 0 Å². The quantitative estimate of drug-likeness (QED) is 0.149. The Kier molecular flexibility index (Phi) is 9.22. The highest BCUT2D eigenvalue weighted by Gasteiger charge is 2.35. The number of aryl methyl sites for hydroxylation is 1. The van der Waals surface area contributed by atoms with E-state index in [1.54, 1.807) is 29.0 Å². The van der Waals surface area contributed by atoms with E-state index in [1.807, 2.05) is 6.92 Å². The van der Waals surface area contributed by atoms with Crippen molar-refractivity contribution in [1.82, 2.24) is 19.5 Å². The van der Waals surface area contributed by atoms with Crippen LogP contribution in [-0.4, -0.2) is 61.3 Å². The molecule has 1 aliphatic heterocycles. The lowest BCUT2D eigenvalue weighted by Crippen LogP contribution is -2.46. The summed E-state index contributed by atoms with van der Waals surface area (Å²) >= 11 is 0. The summed E-state index contributed by atoms with van der Waals surface area (Å²) < 4.78 is 78.3. The molecule has 13 nitrogen and oxygen atoms in total. The molecule has 0 bridgehead atoms.